The number of aromatic nitrogens is 1. The number of aryl methyl sites for hydroxylation is 2. The highest BCUT2D eigenvalue weighted by Crippen LogP contribution is 2.28. The van der Waals surface area contributed by atoms with Gasteiger partial charge in [0.2, 0.25) is 0 Å². The monoisotopic (exact) mass is 265 g/mol. The Kier molecular flexibility index (Phi) is 4.64. The molecule has 18 heavy (non-hydrogen) atoms. The number of rotatable bonds is 5. The molecule has 1 aliphatic carbocycles. The van der Waals surface area contributed by atoms with Crippen LogP contribution in [0.15, 0.2) is 11.1 Å². The molecule has 98 valence electrons. The summed E-state index contributed by atoms with van der Waals surface area (Å²) in [5.41, 5.74) is 2.64. The van der Waals surface area contributed by atoms with E-state index in [0.717, 1.165) is 49.1 Å². The van der Waals surface area contributed by atoms with Gasteiger partial charge in [0.1, 0.15) is 5.03 Å². The van der Waals surface area contributed by atoms with E-state index in [4.69, 9.17) is 0 Å². The molecule has 0 bridgehead atoms. The van der Waals surface area contributed by atoms with Gasteiger partial charge in [-0.1, -0.05) is 13.3 Å². The lowest BCUT2D eigenvalue weighted by Gasteiger charge is -2.17. The second-order valence-corrected chi connectivity index (χ2v) is 5.74. The number of unbranched alkanes of at least 4 members (excludes halogenated alkanes) is 1. The van der Waals surface area contributed by atoms with Crippen LogP contribution < -0.4 is 0 Å². The molecule has 0 saturated carbocycles. The van der Waals surface area contributed by atoms with E-state index in [2.05, 4.69) is 11.9 Å². The smallest absolute Gasteiger partial charge is 0.338 e. The van der Waals surface area contributed by atoms with Crippen molar-refractivity contribution in [2.75, 3.05) is 5.75 Å². The van der Waals surface area contributed by atoms with Crippen molar-refractivity contribution in [1.82, 2.24) is 4.98 Å². The molecular formula is C14H19NO2S. The number of hydrogen-bond donors (Lipinski definition) is 1. The first-order valence-electron chi connectivity index (χ1n) is 6.61. The van der Waals surface area contributed by atoms with Crippen LogP contribution in [0, 0.1) is 0 Å². The highest BCUT2D eigenvalue weighted by Gasteiger charge is 2.18. The number of carboxylic acid groups (broad SMARTS) is 1. The van der Waals surface area contributed by atoms with Gasteiger partial charge in [0.05, 0.1) is 5.56 Å². The number of carboxylic acids is 1. The standard InChI is InChI=1S/C14H19NO2S/c1-2-3-8-18-13-11(14(16)17)9-10-6-4-5-7-12(10)15-13/h9H,2-8H2,1H3,(H,16,17). The maximum Gasteiger partial charge on any atom is 0.338 e. The summed E-state index contributed by atoms with van der Waals surface area (Å²) in [7, 11) is 0. The van der Waals surface area contributed by atoms with E-state index < -0.39 is 5.97 Å². The zero-order valence-corrected chi connectivity index (χ0v) is 11.6. The Hall–Kier alpha value is -1.03. The van der Waals surface area contributed by atoms with Crippen molar-refractivity contribution in [3.63, 3.8) is 0 Å². The molecule has 1 N–H and O–H groups in total. The predicted octanol–water partition coefficient (Wildman–Crippen LogP) is 3.55. The van der Waals surface area contributed by atoms with Crippen molar-refractivity contribution < 1.29 is 9.90 Å². The Labute approximate surface area is 112 Å². The Morgan fingerprint density at radius 3 is 2.94 bits per heavy atom. The molecule has 0 unspecified atom stereocenters. The summed E-state index contributed by atoms with van der Waals surface area (Å²) in [4.78, 5) is 15.9. The third kappa shape index (κ3) is 3.05. The van der Waals surface area contributed by atoms with Crippen LogP contribution >= 0.6 is 11.8 Å². The summed E-state index contributed by atoms with van der Waals surface area (Å²) in [6.07, 6.45) is 6.52. The van der Waals surface area contributed by atoms with Crippen LogP contribution in [0.2, 0.25) is 0 Å². The molecule has 1 aromatic heterocycles. The molecule has 1 heterocycles. The summed E-state index contributed by atoms with van der Waals surface area (Å²) in [5.74, 6) is 0.0950. The van der Waals surface area contributed by atoms with Crippen molar-refractivity contribution in [2.24, 2.45) is 0 Å². The third-order valence-corrected chi connectivity index (χ3v) is 4.31. The summed E-state index contributed by atoms with van der Waals surface area (Å²) in [6.45, 7) is 2.14. The highest BCUT2D eigenvalue weighted by atomic mass is 32.2. The van der Waals surface area contributed by atoms with E-state index in [0.29, 0.717) is 10.6 Å². The molecule has 0 fully saturated rings. The van der Waals surface area contributed by atoms with Crippen LogP contribution in [-0.2, 0) is 12.8 Å². The number of thioether (sulfide) groups is 1. The average molecular weight is 265 g/mol. The molecule has 3 nitrogen and oxygen atoms in total. The number of pyridine rings is 1. The summed E-state index contributed by atoms with van der Waals surface area (Å²) < 4.78 is 0. The quantitative estimate of drug-likeness (QED) is 0.653. The Balaban J connectivity index is 2.27. The summed E-state index contributed by atoms with van der Waals surface area (Å²) in [5, 5.41) is 9.98. The van der Waals surface area contributed by atoms with Gasteiger partial charge in [-0.05, 0) is 49.5 Å². The van der Waals surface area contributed by atoms with Crippen LogP contribution in [0.1, 0.15) is 54.2 Å². The van der Waals surface area contributed by atoms with Crippen molar-refractivity contribution >= 4 is 17.7 Å². The third-order valence-electron chi connectivity index (χ3n) is 3.23. The molecule has 0 aliphatic heterocycles. The van der Waals surface area contributed by atoms with Crippen molar-refractivity contribution in [3.8, 4) is 0 Å². The van der Waals surface area contributed by atoms with Gasteiger partial charge in [0, 0.05) is 5.69 Å². The van der Waals surface area contributed by atoms with Gasteiger partial charge in [-0.25, -0.2) is 9.78 Å². The molecule has 0 amide bonds. The van der Waals surface area contributed by atoms with Gasteiger partial charge in [-0.15, -0.1) is 11.8 Å². The molecule has 1 aliphatic rings. The first-order chi connectivity index (χ1) is 8.72. The number of nitrogens with zero attached hydrogens (tertiary/aromatic N) is 1. The van der Waals surface area contributed by atoms with Gasteiger partial charge in [-0.3, -0.25) is 0 Å². The Morgan fingerprint density at radius 2 is 2.22 bits per heavy atom. The number of fused-ring (bicyclic) bond motifs is 1. The second-order valence-electron chi connectivity index (χ2n) is 4.66. The van der Waals surface area contributed by atoms with E-state index in [-0.39, 0.29) is 0 Å². The van der Waals surface area contributed by atoms with E-state index in [1.807, 2.05) is 6.07 Å². The van der Waals surface area contributed by atoms with Crippen molar-refractivity contribution in [2.45, 2.75) is 50.5 Å². The minimum atomic E-state index is -0.852. The zero-order chi connectivity index (χ0) is 13.0. The number of aromatic carboxylic acids is 1. The van der Waals surface area contributed by atoms with Crippen LogP contribution in [0.5, 0.6) is 0 Å². The van der Waals surface area contributed by atoms with Crippen LogP contribution in [0.25, 0.3) is 0 Å². The minimum absolute atomic E-state index is 0.386. The number of hydrogen-bond acceptors (Lipinski definition) is 3. The van der Waals surface area contributed by atoms with Crippen molar-refractivity contribution in [1.29, 1.82) is 0 Å². The maximum absolute atomic E-state index is 11.3. The average Bonchev–Trinajstić information content (AvgIpc) is 2.38. The summed E-state index contributed by atoms with van der Waals surface area (Å²) >= 11 is 1.58. The van der Waals surface area contributed by atoms with E-state index in [1.165, 1.54) is 6.42 Å². The lowest BCUT2D eigenvalue weighted by Crippen LogP contribution is -2.11. The molecule has 2 rings (SSSR count). The topological polar surface area (TPSA) is 50.2 Å². The largest absolute Gasteiger partial charge is 0.478 e. The zero-order valence-electron chi connectivity index (χ0n) is 10.7. The van der Waals surface area contributed by atoms with Crippen LogP contribution in [0.4, 0.5) is 0 Å². The fourth-order valence-electron chi connectivity index (χ4n) is 2.19. The summed E-state index contributed by atoms with van der Waals surface area (Å²) in [6, 6.07) is 1.85. The predicted molar refractivity (Wildman–Crippen MR) is 73.5 cm³/mol. The second kappa shape index (κ2) is 6.23. The molecule has 4 heteroatoms. The van der Waals surface area contributed by atoms with Crippen molar-refractivity contribution in [3.05, 3.63) is 22.9 Å². The molecule has 0 aromatic carbocycles. The number of carbonyl (C=O) groups is 1. The van der Waals surface area contributed by atoms with Gasteiger partial charge in [-0.2, -0.15) is 0 Å². The molecule has 1 aromatic rings. The van der Waals surface area contributed by atoms with E-state index >= 15 is 0 Å². The fraction of sp³-hybridized carbons (Fsp3) is 0.571. The fourth-order valence-corrected chi connectivity index (χ4v) is 3.29. The lowest BCUT2D eigenvalue weighted by atomic mass is 9.95. The van der Waals surface area contributed by atoms with Crippen LogP contribution in [-0.4, -0.2) is 21.8 Å². The normalized spacial score (nSPS) is 14.3. The highest BCUT2D eigenvalue weighted by molar-refractivity contribution is 7.99. The van der Waals surface area contributed by atoms with Gasteiger partial charge in [0.25, 0.3) is 0 Å². The Morgan fingerprint density at radius 1 is 1.44 bits per heavy atom. The maximum atomic E-state index is 11.3. The first-order valence-corrected chi connectivity index (χ1v) is 7.59. The van der Waals surface area contributed by atoms with E-state index in [9.17, 15) is 9.90 Å². The van der Waals surface area contributed by atoms with E-state index in [1.54, 1.807) is 11.8 Å². The molecular weight excluding hydrogens is 246 g/mol. The molecule has 0 saturated heterocycles. The molecule has 0 atom stereocenters. The minimum Gasteiger partial charge on any atom is -0.478 e. The lowest BCUT2D eigenvalue weighted by molar-refractivity contribution is 0.0692. The van der Waals surface area contributed by atoms with Gasteiger partial charge < -0.3 is 5.11 Å². The van der Waals surface area contributed by atoms with Gasteiger partial charge in [0.15, 0.2) is 0 Å². The SMILES string of the molecule is CCCCSc1nc2c(cc1C(=O)O)CCCC2. The van der Waals surface area contributed by atoms with Crippen LogP contribution in [0.3, 0.4) is 0 Å². The van der Waals surface area contributed by atoms with Gasteiger partial charge >= 0.3 is 5.97 Å². The Bertz CT molecular complexity index is 446. The first kappa shape index (κ1) is 13.4. The molecule has 0 radical (unpaired) electrons. The molecule has 0 spiro atoms.